The Labute approximate surface area is 305 Å². The molecule has 5 rings (SSSR count). The molecule has 5 aromatic rings. The molecule has 0 aliphatic heterocycles. The van der Waals surface area contributed by atoms with Crippen molar-refractivity contribution in [1.29, 1.82) is 0 Å². The van der Waals surface area contributed by atoms with E-state index in [2.05, 4.69) is 16.0 Å². The number of hydrogen-bond acceptors (Lipinski definition) is 8. The third-order valence-corrected chi connectivity index (χ3v) is 9.60. The first-order valence-electron chi connectivity index (χ1n) is 16.1. The first kappa shape index (κ1) is 36.6. The molecule has 0 bridgehead atoms. The Bertz CT molecular complexity index is 2060. The molecule has 3 N–H and O–H groups in total. The van der Waals surface area contributed by atoms with Crippen LogP contribution in [0.3, 0.4) is 0 Å². The Balaban J connectivity index is 1.31. The van der Waals surface area contributed by atoms with Crippen molar-refractivity contribution in [2.45, 2.75) is 30.9 Å². The van der Waals surface area contributed by atoms with Crippen LogP contribution in [0.15, 0.2) is 119 Å². The Hall–Kier alpha value is -5.65. The molecule has 0 saturated carbocycles. The fourth-order valence-corrected chi connectivity index (χ4v) is 6.89. The molecule has 260 valence electrons. The summed E-state index contributed by atoms with van der Waals surface area (Å²) >= 11 is 2.56. The number of methoxy groups -OCH3 is 1. The van der Waals surface area contributed by atoms with E-state index in [0.717, 1.165) is 16.0 Å². The summed E-state index contributed by atoms with van der Waals surface area (Å²) in [6.07, 6.45) is 1.55. The lowest BCUT2D eigenvalue weighted by molar-refractivity contribution is -0.115. The van der Waals surface area contributed by atoms with E-state index >= 15 is 0 Å². The molecule has 0 spiro atoms. The number of carbonyl (C=O) groups excluding carboxylic acids is 4. The predicted octanol–water partition coefficient (Wildman–Crippen LogP) is 8.44. The van der Waals surface area contributed by atoms with Gasteiger partial charge in [-0.05, 0) is 68.8 Å². The van der Waals surface area contributed by atoms with Crippen molar-refractivity contribution in [2.75, 3.05) is 24.4 Å². The topological polar surface area (TPSA) is 123 Å². The number of carbonyl (C=O) groups is 4. The van der Waals surface area contributed by atoms with Gasteiger partial charge in [-0.3, -0.25) is 14.4 Å². The van der Waals surface area contributed by atoms with Crippen molar-refractivity contribution in [2.24, 2.45) is 0 Å². The fourth-order valence-electron chi connectivity index (χ4n) is 5.00. The number of benzene rings is 4. The maximum atomic E-state index is 13.6. The van der Waals surface area contributed by atoms with Crippen LogP contribution in [-0.4, -0.2) is 42.7 Å². The molecule has 0 aliphatic carbocycles. The summed E-state index contributed by atoms with van der Waals surface area (Å²) in [4.78, 5) is 53.9. The van der Waals surface area contributed by atoms with Crippen LogP contribution in [0.4, 0.5) is 10.7 Å². The Morgan fingerprint density at radius 2 is 1.61 bits per heavy atom. The van der Waals surface area contributed by atoms with Crippen LogP contribution in [0.2, 0.25) is 0 Å². The summed E-state index contributed by atoms with van der Waals surface area (Å²) in [5.74, 6) is -1.27. The highest BCUT2D eigenvalue weighted by Gasteiger charge is 2.25. The molecule has 1 unspecified atom stereocenters. The number of rotatable bonds is 13. The molecule has 11 heteroatoms. The molecular weight excluding hydrogens is 683 g/mol. The number of amides is 3. The van der Waals surface area contributed by atoms with Gasteiger partial charge in [0.2, 0.25) is 5.91 Å². The van der Waals surface area contributed by atoms with Crippen LogP contribution in [0.25, 0.3) is 17.2 Å². The van der Waals surface area contributed by atoms with Gasteiger partial charge in [-0.25, -0.2) is 4.79 Å². The third kappa shape index (κ3) is 9.53. The molecular formula is C40H37N3O6S2. The van der Waals surface area contributed by atoms with Gasteiger partial charge in [0.25, 0.3) is 11.8 Å². The normalized spacial score (nSPS) is 11.6. The highest BCUT2D eigenvalue weighted by molar-refractivity contribution is 8.00. The molecule has 0 radical (unpaired) electrons. The molecule has 0 fully saturated rings. The molecule has 1 atom stereocenters. The smallest absolute Gasteiger partial charge is 0.341 e. The molecule has 4 aromatic carbocycles. The number of esters is 1. The monoisotopic (exact) mass is 719 g/mol. The standard InChI is InChI=1S/C40H37N3O6S2/c1-5-49-40(47)35-32(27-20-18-25(2)19-21-27)24-50-39(35)43-36(44)26(3)51-31-16-11-15-30(23-31)41-38(46)33(22-29-14-9-10-17-34(29)48-4)42-37(45)28-12-7-6-8-13-28/h6-24,26H,5H2,1-4H3,(H,41,46)(H,42,45)(H,43,44)/b33-22+. The van der Waals surface area contributed by atoms with E-state index < -0.39 is 23.0 Å². The van der Waals surface area contributed by atoms with Gasteiger partial charge in [-0.1, -0.05) is 72.3 Å². The van der Waals surface area contributed by atoms with Crippen LogP contribution < -0.4 is 20.7 Å². The van der Waals surface area contributed by atoms with Gasteiger partial charge in [-0.2, -0.15) is 0 Å². The summed E-state index contributed by atoms with van der Waals surface area (Å²) < 4.78 is 10.8. The number of thioether (sulfide) groups is 1. The number of nitrogens with one attached hydrogen (secondary N) is 3. The highest BCUT2D eigenvalue weighted by Crippen LogP contribution is 2.37. The molecule has 51 heavy (non-hydrogen) atoms. The predicted molar refractivity (Wildman–Crippen MR) is 204 cm³/mol. The van der Waals surface area contributed by atoms with Crippen molar-refractivity contribution >= 4 is 63.6 Å². The van der Waals surface area contributed by atoms with Crippen LogP contribution >= 0.6 is 23.1 Å². The van der Waals surface area contributed by atoms with Crippen molar-refractivity contribution in [3.63, 3.8) is 0 Å². The van der Waals surface area contributed by atoms with E-state index in [4.69, 9.17) is 9.47 Å². The number of hydrogen-bond donors (Lipinski definition) is 3. The Kier molecular flexibility index (Phi) is 12.4. The molecule has 0 aliphatic rings. The van der Waals surface area contributed by atoms with E-state index in [0.29, 0.717) is 38.7 Å². The number of anilines is 2. The van der Waals surface area contributed by atoms with Gasteiger partial charge in [0, 0.05) is 32.7 Å². The van der Waals surface area contributed by atoms with Crippen molar-refractivity contribution in [3.05, 3.63) is 136 Å². The minimum atomic E-state index is -0.568. The second-order valence-corrected chi connectivity index (χ2v) is 13.6. The Morgan fingerprint density at radius 3 is 2.33 bits per heavy atom. The van der Waals surface area contributed by atoms with E-state index in [1.54, 1.807) is 86.7 Å². The van der Waals surface area contributed by atoms with Gasteiger partial charge >= 0.3 is 5.97 Å². The van der Waals surface area contributed by atoms with E-state index in [1.165, 1.54) is 30.2 Å². The average molecular weight is 720 g/mol. The molecule has 9 nitrogen and oxygen atoms in total. The summed E-state index contributed by atoms with van der Waals surface area (Å²) in [6.45, 7) is 5.69. The van der Waals surface area contributed by atoms with Crippen LogP contribution in [0.5, 0.6) is 5.75 Å². The number of ether oxygens (including phenoxy) is 2. The van der Waals surface area contributed by atoms with Crippen LogP contribution in [0, 0.1) is 6.92 Å². The molecule has 3 amide bonds. The first-order chi connectivity index (χ1) is 24.7. The van der Waals surface area contributed by atoms with Crippen LogP contribution in [-0.2, 0) is 14.3 Å². The SMILES string of the molecule is CCOC(=O)c1c(-c2ccc(C)cc2)csc1NC(=O)C(C)Sc1cccc(NC(=O)/C(=C\c2ccccc2OC)NC(=O)c2ccccc2)c1. The third-order valence-electron chi connectivity index (χ3n) is 7.61. The number of para-hydroxylation sites is 1. The number of thiophene rings is 1. The van der Waals surface area contributed by atoms with E-state index in [9.17, 15) is 19.2 Å². The average Bonchev–Trinajstić information content (AvgIpc) is 3.55. The largest absolute Gasteiger partial charge is 0.496 e. The van der Waals surface area contributed by atoms with Gasteiger partial charge < -0.3 is 25.4 Å². The van der Waals surface area contributed by atoms with Crippen molar-refractivity contribution in [3.8, 4) is 16.9 Å². The lowest BCUT2D eigenvalue weighted by atomic mass is 10.0. The lowest BCUT2D eigenvalue weighted by Gasteiger charge is -2.15. The maximum absolute atomic E-state index is 13.6. The number of aryl methyl sites for hydroxylation is 1. The van der Waals surface area contributed by atoms with E-state index in [1.807, 2.05) is 48.7 Å². The first-order valence-corrected chi connectivity index (χ1v) is 17.9. The lowest BCUT2D eigenvalue weighted by Crippen LogP contribution is -2.30. The summed E-state index contributed by atoms with van der Waals surface area (Å²) in [5.41, 5.74) is 4.42. The maximum Gasteiger partial charge on any atom is 0.341 e. The molecule has 1 heterocycles. The zero-order valence-electron chi connectivity index (χ0n) is 28.5. The molecule has 1 aromatic heterocycles. The van der Waals surface area contributed by atoms with Crippen LogP contribution in [0.1, 0.15) is 45.7 Å². The zero-order chi connectivity index (χ0) is 36.3. The second kappa shape index (κ2) is 17.3. The Morgan fingerprint density at radius 1 is 0.882 bits per heavy atom. The summed E-state index contributed by atoms with van der Waals surface area (Å²) in [6, 6.07) is 30.6. The van der Waals surface area contributed by atoms with Gasteiger partial charge in [0.15, 0.2) is 0 Å². The van der Waals surface area contributed by atoms with Gasteiger partial charge in [0.1, 0.15) is 22.0 Å². The minimum Gasteiger partial charge on any atom is -0.496 e. The minimum absolute atomic E-state index is 0.0116. The highest BCUT2D eigenvalue weighted by atomic mass is 32.2. The van der Waals surface area contributed by atoms with Gasteiger partial charge in [-0.15, -0.1) is 23.1 Å². The van der Waals surface area contributed by atoms with Crippen molar-refractivity contribution < 1.29 is 28.7 Å². The summed E-state index contributed by atoms with van der Waals surface area (Å²) in [5, 5.41) is 10.2. The quantitative estimate of drug-likeness (QED) is 0.0634. The zero-order valence-corrected chi connectivity index (χ0v) is 30.2. The molecule has 0 saturated heterocycles. The fraction of sp³-hybridized carbons (Fsp3) is 0.150. The van der Waals surface area contributed by atoms with Crippen molar-refractivity contribution in [1.82, 2.24) is 5.32 Å². The summed E-state index contributed by atoms with van der Waals surface area (Å²) in [7, 11) is 1.53. The van der Waals surface area contributed by atoms with Gasteiger partial charge in [0.05, 0.1) is 19.0 Å². The second-order valence-electron chi connectivity index (χ2n) is 11.3. The van der Waals surface area contributed by atoms with E-state index in [-0.39, 0.29) is 18.2 Å².